The molecular weight excluding hydrogens is 271 g/mol. The van der Waals surface area contributed by atoms with E-state index in [2.05, 4.69) is 4.72 Å². The molecule has 0 saturated carbocycles. The van der Waals surface area contributed by atoms with Crippen LogP contribution in [0, 0.1) is 18.7 Å². The lowest BCUT2D eigenvalue weighted by Crippen LogP contribution is -2.41. The molecule has 108 valence electrons. The molecule has 4 N–H and O–H groups in total. The van der Waals surface area contributed by atoms with E-state index >= 15 is 0 Å². The summed E-state index contributed by atoms with van der Waals surface area (Å²) in [6.45, 7) is 4.68. The molecule has 0 radical (unpaired) electrons. The van der Waals surface area contributed by atoms with Crippen LogP contribution in [0.1, 0.15) is 19.4 Å². The second-order valence-corrected chi connectivity index (χ2v) is 6.49. The van der Waals surface area contributed by atoms with Gasteiger partial charge in [-0.05, 0) is 25.0 Å². The first kappa shape index (κ1) is 15.9. The number of nitrogens with one attached hydrogen (secondary N) is 1. The number of sulfonamides is 1. The molecule has 0 fully saturated rings. The Hall–Kier alpha value is -1.18. The van der Waals surface area contributed by atoms with Crippen molar-refractivity contribution in [2.24, 2.45) is 5.92 Å². The maximum absolute atomic E-state index is 13.5. The third kappa shape index (κ3) is 3.65. The van der Waals surface area contributed by atoms with E-state index in [1.807, 2.05) is 0 Å². The zero-order valence-electron chi connectivity index (χ0n) is 11.1. The molecule has 0 aromatic heterocycles. The van der Waals surface area contributed by atoms with E-state index in [1.54, 1.807) is 13.8 Å². The van der Waals surface area contributed by atoms with Gasteiger partial charge in [0.1, 0.15) is 5.82 Å². The molecule has 0 spiro atoms. The third-order valence-electron chi connectivity index (χ3n) is 2.98. The summed E-state index contributed by atoms with van der Waals surface area (Å²) in [5.41, 5.74) is 5.84. The topological polar surface area (TPSA) is 92.4 Å². The Bertz CT molecular complexity index is 535. The van der Waals surface area contributed by atoms with E-state index < -0.39 is 21.9 Å². The third-order valence-corrected chi connectivity index (χ3v) is 4.45. The number of hydrogen-bond donors (Lipinski definition) is 3. The van der Waals surface area contributed by atoms with Gasteiger partial charge in [-0.2, -0.15) is 0 Å². The predicted octanol–water partition coefficient (Wildman–Crippen LogP) is 1.01. The number of nitrogens with two attached hydrogens (primary N) is 1. The summed E-state index contributed by atoms with van der Waals surface area (Å²) in [4.78, 5) is -0.243. The monoisotopic (exact) mass is 290 g/mol. The van der Waals surface area contributed by atoms with Crippen LogP contribution in [0.4, 0.5) is 10.1 Å². The van der Waals surface area contributed by atoms with Crippen molar-refractivity contribution in [3.8, 4) is 0 Å². The minimum absolute atomic E-state index is 0.0745. The molecule has 1 unspecified atom stereocenters. The summed E-state index contributed by atoms with van der Waals surface area (Å²) in [7, 11) is -3.91. The van der Waals surface area contributed by atoms with Crippen molar-refractivity contribution in [1.29, 1.82) is 0 Å². The molecule has 19 heavy (non-hydrogen) atoms. The fraction of sp³-hybridized carbons (Fsp3) is 0.500. The van der Waals surface area contributed by atoms with Crippen LogP contribution < -0.4 is 10.5 Å². The van der Waals surface area contributed by atoms with Crippen LogP contribution in [-0.2, 0) is 10.0 Å². The number of aliphatic hydroxyl groups excluding tert-OH is 1. The Morgan fingerprint density at radius 2 is 2.00 bits per heavy atom. The van der Waals surface area contributed by atoms with Crippen LogP contribution in [0.5, 0.6) is 0 Å². The maximum atomic E-state index is 13.5. The van der Waals surface area contributed by atoms with Crippen LogP contribution in [0.3, 0.4) is 0 Å². The fourth-order valence-corrected chi connectivity index (χ4v) is 2.90. The fourth-order valence-electron chi connectivity index (χ4n) is 1.48. The average molecular weight is 290 g/mol. The van der Waals surface area contributed by atoms with E-state index in [9.17, 15) is 12.8 Å². The maximum Gasteiger partial charge on any atom is 0.241 e. The van der Waals surface area contributed by atoms with Gasteiger partial charge in [-0.25, -0.2) is 17.5 Å². The van der Waals surface area contributed by atoms with E-state index in [0.29, 0.717) is 0 Å². The van der Waals surface area contributed by atoms with Crippen LogP contribution in [0.15, 0.2) is 17.0 Å². The van der Waals surface area contributed by atoms with Crippen LogP contribution in [0.2, 0.25) is 0 Å². The van der Waals surface area contributed by atoms with Gasteiger partial charge >= 0.3 is 0 Å². The molecule has 0 bridgehead atoms. The quantitative estimate of drug-likeness (QED) is 0.706. The molecule has 0 amide bonds. The molecule has 0 aliphatic carbocycles. The van der Waals surface area contributed by atoms with Gasteiger partial charge in [0, 0.05) is 17.3 Å². The minimum atomic E-state index is -3.91. The molecule has 0 aliphatic rings. The van der Waals surface area contributed by atoms with E-state index in [4.69, 9.17) is 10.8 Å². The second kappa shape index (κ2) is 5.85. The molecule has 1 atom stereocenters. The van der Waals surface area contributed by atoms with Gasteiger partial charge in [0.05, 0.1) is 11.5 Å². The highest BCUT2D eigenvalue weighted by molar-refractivity contribution is 7.89. The van der Waals surface area contributed by atoms with Crippen LogP contribution in [0.25, 0.3) is 0 Å². The van der Waals surface area contributed by atoms with E-state index in [1.165, 1.54) is 13.0 Å². The summed E-state index contributed by atoms with van der Waals surface area (Å²) in [5.74, 6) is -0.766. The lowest BCUT2D eigenvalue weighted by molar-refractivity contribution is 0.227. The SMILES string of the molecule is Cc1c(N)cc(S(=O)(=O)NC(CO)C(C)C)cc1F. The zero-order chi connectivity index (χ0) is 14.8. The number of benzene rings is 1. The number of nitrogen functional groups attached to an aromatic ring is 1. The molecule has 0 heterocycles. The number of anilines is 1. The van der Waals surface area contributed by atoms with Crippen LogP contribution in [-0.4, -0.2) is 26.2 Å². The Morgan fingerprint density at radius 3 is 2.42 bits per heavy atom. The molecule has 1 rings (SSSR count). The van der Waals surface area contributed by atoms with Gasteiger partial charge in [0.2, 0.25) is 10.0 Å². The number of halogens is 1. The van der Waals surface area contributed by atoms with Gasteiger partial charge < -0.3 is 10.8 Å². The Balaban J connectivity index is 3.14. The summed E-state index contributed by atoms with van der Waals surface area (Å²) in [6, 6.07) is 1.49. The first-order chi connectivity index (χ1) is 8.69. The highest BCUT2D eigenvalue weighted by atomic mass is 32.2. The minimum Gasteiger partial charge on any atom is -0.398 e. The van der Waals surface area contributed by atoms with E-state index in [0.717, 1.165) is 6.07 Å². The Kier molecular flexibility index (Phi) is 4.89. The smallest absolute Gasteiger partial charge is 0.241 e. The van der Waals surface area contributed by atoms with Gasteiger partial charge in [-0.3, -0.25) is 0 Å². The van der Waals surface area contributed by atoms with Gasteiger partial charge in [0.15, 0.2) is 0 Å². The summed E-state index contributed by atoms with van der Waals surface area (Å²) in [5, 5.41) is 9.13. The van der Waals surface area contributed by atoms with Crippen molar-refractivity contribution in [2.75, 3.05) is 12.3 Å². The lowest BCUT2D eigenvalue weighted by Gasteiger charge is -2.20. The summed E-state index contributed by atoms with van der Waals surface area (Å²) in [6.07, 6.45) is 0. The Morgan fingerprint density at radius 1 is 1.42 bits per heavy atom. The van der Waals surface area contributed by atoms with Crippen molar-refractivity contribution < 1.29 is 17.9 Å². The first-order valence-electron chi connectivity index (χ1n) is 5.88. The molecule has 0 aliphatic heterocycles. The number of rotatable bonds is 5. The summed E-state index contributed by atoms with van der Waals surface area (Å²) < 4.78 is 40.0. The molecule has 7 heteroatoms. The first-order valence-corrected chi connectivity index (χ1v) is 7.36. The van der Waals surface area contributed by atoms with Gasteiger partial charge in [0.25, 0.3) is 0 Å². The van der Waals surface area contributed by atoms with E-state index in [-0.39, 0.29) is 28.7 Å². The van der Waals surface area contributed by atoms with Gasteiger partial charge in [-0.15, -0.1) is 0 Å². The molecular formula is C12H19FN2O3S. The van der Waals surface area contributed by atoms with Crippen molar-refractivity contribution in [3.05, 3.63) is 23.5 Å². The van der Waals surface area contributed by atoms with Crippen LogP contribution >= 0.6 is 0 Å². The van der Waals surface area contributed by atoms with Crippen molar-refractivity contribution in [3.63, 3.8) is 0 Å². The Labute approximate surface area is 112 Å². The normalized spacial score (nSPS) is 13.8. The van der Waals surface area contributed by atoms with Crippen molar-refractivity contribution >= 4 is 15.7 Å². The molecule has 1 aromatic carbocycles. The van der Waals surface area contributed by atoms with Gasteiger partial charge in [-0.1, -0.05) is 13.8 Å². The standard InChI is InChI=1S/C12H19FN2O3S/c1-7(2)12(6-16)15-19(17,18)9-4-10(13)8(3)11(14)5-9/h4-5,7,12,15-16H,6,14H2,1-3H3. The molecule has 1 aromatic rings. The average Bonchev–Trinajstić information content (AvgIpc) is 2.32. The second-order valence-electron chi connectivity index (χ2n) is 4.77. The predicted molar refractivity (Wildman–Crippen MR) is 71.6 cm³/mol. The number of hydrogen-bond acceptors (Lipinski definition) is 4. The number of aliphatic hydroxyl groups is 1. The zero-order valence-corrected chi connectivity index (χ0v) is 12.0. The summed E-state index contributed by atoms with van der Waals surface area (Å²) >= 11 is 0. The molecule has 5 nitrogen and oxygen atoms in total. The highest BCUT2D eigenvalue weighted by Gasteiger charge is 2.23. The largest absolute Gasteiger partial charge is 0.398 e. The highest BCUT2D eigenvalue weighted by Crippen LogP contribution is 2.21. The van der Waals surface area contributed by atoms with Crippen molar-refractivity contribution in [1.82, 2.24) is 4.72 Å². The molecule has 0 saturated heterocycles. The lowest BCUT2D eigenvalue weighted by atomic mass is 10.1. The van der Waals surface area contributed by atoms with Crippen molar-refractivity contribution in [2.45, 2.75) is 31.7 Å².